The van der Waals surface area contributed by atoms with E-state index in [4.69, 9.17) is 34.2 Å². The Morgan fingerprint density at radius 3 is 2.19 bits per heavy atom. The molecule has 1 aliphatic carbocycles. The standard InChI is InChI=1S/C45H43NO8/c1-27(2)42(47)51-23-21-31(53-43(46)48)26-52-30-18-16-29(17-19-30)45(28-12-8-7-9-13-28)22-20-33-40-39(32-14-10-11-15-36(32)44(40,3)4)34-24-37(49-5)38(50-6)25-35(34)41(33)54-45/h7-20,22,24-25,31H,1,21,23,26H2,2-6H3,(H2,46,48). The van der Waals surface area contributed by atoms with Crippen molar-refractivity contribution in [2.75, 3.05) is 27.4 Å². The lowest BCUT2D eigenvalue weighted by Crippen LogP contribution is -2.35. The SMILES string of the molecule is C=C(C)C(=O)OCCC(COc1ccc(C2(c3ccccc3)C=Cc3c4c(c5cc(OC)c(OC)cc5c3O2)-c2ccccc2C4(C)C)cc1)OC(N)=O. The highest BCUT2D eigenvalue weighted by Crippen LogP contribution is 2.59. The summed E-state index contributed by atoms with van der Waals surface area (Å²) in [5.41, 5.74) is 11.9. The number of methoxy groups -OCH3 is 2. The van der Waals surface area contributed by atoms with E-state index in [2.05, 4.69) is 75.0 Å². The molecule has 9 nitrogen and oxygen atoms in total. The third-order valence-electron chi connectivity index (χ3n) is 10.3. The monoisotopic (exact) mass is 725 g/mol. The molecule has 0 bridgehead atoms. The smallest absolute Gasteiger partial charge is 0.404 e. The molecule has 5 aromatic rings. The number of hydrogen-bond donors (Lipinski definition) is 1. The van der Waals surface area contributed by atoms with Crippen LogP contribution in [0.15, 0.2) is 109 Å². The van der Waals surface area contributed by atoms with Gasteiger partial charge in [-0.25, -0.2) is 9.59 Å². The van der Waals surface area contributed by atoms with Gasteiger partial charge in [-0.3, -0.25) is 0 Å². The van der Waals surface area contributed by atoms with Gasteiger partial charge >= 0.3 is 12.1 Å². The minimum atomic E-state index is -1.01. The maximum atomic E-state index is 11.8. The van der Waals surface area contributed by atoms with Gasteiger partial charge in [0.05, 0.1) is 20.8 Å². The number of hydrogen-bond acceptors (Lipinski definition) is 8. The number of primary amides is 1. The van der Waals surface area contributed by atoms with Crippen LogP contribution in [0.5, 0.6) is 23.0 Å². The van der Waals surface area contributed by atoms with Crippen LogP contribution in [0.4, 0.5) is 4.79 Å². The third-order valence-corrected chi connectivity index (χ3v) is 10.3. The number of rotatable bonds is 12. The van der Waals surface area contributed by atoms with Gasteiger partial charge in [-0.1, -0.05) is 93.2 Å². The van der Waals surface area contributed by atoms with Crippen molar-refractivity contribution in [1.82, 2.24) is 0 Å². The maximum absolute atomic E-state index is 11.8. The summed E-state index contributed by atoms with van der Waals surface area (Å²) in [5, 5.41) is 1.93. The minimum absolute atomic E-state index is 0.00108. The molecule has 2 unspecified atom stereocenters. The second-order valence-corrected chi connectivity index (χ2v) is 14.1. The lowest BCUT2D eigenvalue weighted by atomic mass is 9.77. The van der Waals surface area contributed by atoms with Gasteiger partial charge in [0.1, 0.15) is 24.2 Å². The van der Waals surface area contributed by atoms with Gasteiger partial charge in [-0.2, -0.15) is 0 Å². The number of amides is 1. The van der Waals surface area contributed by atoms with Gasteiger partial charge in [0.2, 0.25) is 0 Å². The lowest BCUT2D eigenvalue weighted by molar-refractivity contribution is -0.139. The average molecular weight is 726 g/mol. The molecule has 7 rings (SSSR count). The zero-order valence-electron chi connectivity index (χ0n) is 31.1. The summed E-state index contributed by atoms with van der Waals surface area (Å²) in [6, 6.07) is 30.4. The summed E-state index contributed by atoms with van der Waals surface area (Å²) < 4.78 is 35.5. The molecule has 0 aromatic heterocycles. The van der Waals surface area contributed by atoms with E-state index in [1.165, 1.54) is 22.3 Å². The van der Waals surface area contributed by atoms with E-state index in [0.717, 1.165) is 33.2 Å². The molecule has 9 heteroatoms. The normalized spacial score (nSPS) is 16.6. The first-order chi connectivity index (χ1) is 26.0. The second-order valence-electron chi connectivity index (χ2n) is 14.1. The maximum Gasteiger partial charge on any atom is 0.404 e. The highest BCUT2D eigenvalue weighted by atomic mass is 16.6. The van der Waals surface area contributed by atoms with Crippen molar-refractivity contribution in [1.29, 1.82) is 0 Å². The van der Waals surface area contributed by atoms with Crippen LogP contribution in [-0.2, 0) is 25.3 Å². The quantitative estimate of drug-likeness (QED) is 0.100. The van der Waals surface area contributed by atoms with E-state index in [1.807, 2.05) is 48.5 Å². The highest BCUT2D eigenvalue weighted by molar-refractivity contribution is 6.09. The molecule has 2 atom stereocenters. The topological polar surface area (TPSA) is 116 Å². The Morgan fingerprint density at radius 1 is 0.870 bits per heavy atom. The van der Waals surface area contributed by atoms with Crippen molar-refractivity contribution in [2.45, 2.75) is 44.3 Å². The van der Waals surface area contributed by atoms with E-state index in [-0.39, 0.29) is 30.6 Å². The molecule has 0 radical (unpaired) electrons. The number of esters is 1. The number of nitrogens with two attached hydrogens (primary N) is 1. The Labute approximate surface area is 314 Å². The molecule has 5 aromatic carbocycles. The molecule has 0 saturated carbocycles. The Hall–Kier alpha value is -6.22. The van der Waals surface area contributed by atoms with E-state index in [9.17, 15) is 9.59 Å². The summed E-state index contributed by atoms with van der Waals surface area (Å²) in [7, 11) is 3.29. The molecule has 1 heterocycles. The zero-order chi connectivity index (χ0) is 38.2. The van der Waals surface area contributed by atoms with Crippen LogP contribution in [0, 0.1) is 0 Å². The largest absolute Gasteiger partial charge is 0.493 e. The second kappa shape index (κ2) is 14.3. The van der Waals surface area contributed by atoms with Crippen molar-refractivity contribution in [3.63, 3.8) is 0 Å². The van der Waals surface area contributed by atoms with E-state index < -0.39 is 23.8 Å². The van der Waals surface area contributed by atoms with E-state index in [0.29, 0.717) is 17.2 Å². The molecular weight excluding hydrogens is 682 g/mol. The molecule has 276 valence electrons. The number of carbonyl (C=O) groups is 2. The predicted molar refractivity (Wildman–Crippen MR) is 208 cm³/mol. The Balaban J connectivity index is 1.29. The van der Waals surface area contributed by atoms with Gasteiger partial charge in [-0.05, 0) is 64.9 Å². The van der Waals surface area contributed by atoms with Crippen molar-refractivity contribution in [3.05, 3.63) is 137 Å². The lowest BCUT2D eigenvalue weighted by Gasteiger charge is -2.38. The van der Waals surface area contributed by atoms with Crippen molar-refractivity contribution in [2.24, 2.45) is 5.73 Å². The van der Waals surface area contributed by atoms with Gasteiger partial charge in [0, 0.05) is 39.5 Å². The number of ether oxygens (including phenoxy) is 6. The van der Waals surface area contributed by atoms with Crippen LogP contribution in [0.1, 0.15) is 55.0 Å². The third kappa shape index (κ3) is 6.29. The summed E-state index contributed by atoms with van der Waals surface area (Å²) in [6.45, 7) is 9.69. The first-order valence-corrected chi connectivity index (χ1v) is 17.8. The Kier molecular flexibility index (Phi) is 9.58. The predicted octanol–water partition coefficient (Wildman–Crippen LogP) is 8.86. The van der Waals surface area contributed by atoms with Crippen LogP contribution >= 0.6 is 0 Å². The van der Waals surface area contributed by atoms with Crippen LogP contribution in [0.3, 0.4) is 0 Å². The number of fused-ring (bicyclic) bond motifs is 8. The van der Waals surface area contributed by atoms with E-state index in [1.54, 1.807) is 21.1 Å². The molecular formula is C45H43NO8. The fourth-order valence-corrected chi connectivity index (χ4v) is 7.67. The van der Waals surface area contributed by atoms with Crippen LogP contribution in [-0.4, -0.2) is 45.6 Å². The molecule has 0 fully saturated rings. The Bertz CT molecular complexity index is 2290. The Morgan fingerprint density at radius 2 is 1.52 bits per heavy atom. The van der Waals surface area contributed by atoms with Gasteiger partial charge in [0.15, 0.2) is 17.1 Å². The molecule has 2 aliphatic rings. The van der Waals surface area contributed by atoms with E-state index >= 15 is 0 Å². The molecule has 0 spiro atoms. The molecule has 1 amide bonds. The van der Waals surface area contributed by atoms with Crippen LogP contribution < -0.4 is 24.7 Å². The van der Waals surface area contributed by atoms with Crippen molar-refractivity contribution >= 4 is 28.9 Å². The number of carbonyl (C=O) groups excluding carboxylic acids is 2. The van der Waals surface area contributed by atoms with Crippen LogP contribution in [0.2, 0.25) is 0 Å². The summed E-state index contributed by atoms with van der Waals surface area (Å²) in [6.07, 6.45) is 2.85. The first kappa shape index (κ1) is 36.2. The molecule has 0 saturated heterocycles. The highest BCUT2D eigenvalue weighted by Gasteiger charge is 2.44. The summed E-state index contributed by atoms with van der Waals surface area (Å²) in [4.78, 5) is 23.4. The fourth-order valence-electron chi connectivity index (χ4n) is 7.67. The number of benzene rings is 5. The van der Waals surface area contributed by atoms with Crippen molar-refractivity contribution in [3.8, 4) is 34.1 Å². The fraction of sp³-hybridized carbons (Fsp3) is 0.244. The van der Waals surface area contributed by atoms with Crippen molar-refractivity contribution < 1.29 is 38.0 Å². The molecule has 54 heavy (non-hydrogen) atoms. The van der Waals surface area contributed by atoms with Crippen LogP contribution in [0.25, 0.3) is 28.0 Å². The van der Waals surface area contributed by atoms with Gasteiger partial charge in [0.25, 0.3) is 0 Å². The summed E-state index contributed by atoms with van der Waals surface area (Å²) in [5.74, 6) is 2.01. The first-order valence-electron chi connectivity index (χ1n) is 17.8. The molecule has 2 N–H and O–H groups in total. The average Bonchev–Trinajstić information content (AvgIpc) is 3.42. The minimum Gasteiger partial charge on any atom is -0.493 e. The van der Waals surface area contributed by atoms with Gasteiger partial charge in [-0.15, -0.1) is 0 Å². The summed E-state index contributed by atoms with van der Waals surface area (Å²) >= 11 is 0. The molecule has 1 aliphatic heterocycles. The zero-order valence-corrected chi connectivity index (χ0v) is 31.1. The van der Waals surface area contributed by atoms with Gasteiger partial charge < -0.3 is 34.2 Å².